The minimum atomic E-state index is 0. The Kier molecular flexibility index (Phi) is 8.05. The van der Waals surface area contributed by atoms with Crippen LogP contribution in [0, 0.1) is 5.92 Å². The summed E-state index contributed by atoms with van der Waals surface area (Å²) in [5.41, 5.74) is 1.39. The summed E-state index contributed by atoms with van der Waals surface area (Å²) in [5.74, 6) is 1.54. The van der Waals surface area contributed by atoms with Crippen molar-refractivity contribution < 1.29 is 26.4 Å². The van der Waals surface area contributed by atoms with Crippen LogP contribution in [0.15, 0.2) is 11.6 Å². The number of nitrogens with zero attached hydrogens (tertiary/aromatic N) is 1. The minimum Gasteiger partial charge on any atom is -1.00 e. The van der Waals surface area contributed by atoms with Crippen molar-refractivity contribution in [3.63, 3.8) is 0 Å². The van der Waals surface area contributed by atoms with Crippen LogP contribution >= 0.6 is 11.8 Å². The van der Waals surface area contributed by atoms with E-state index in [2.05, 4.69) is 26.8 Å². The Bertz CT molecular complexity index is 332. The Balaban J connectivity index is 0.00000256. The Morgan fingerprint density at radius 1 is 1.53 bits per heavy atom. The van der Waals surface area contributed by atoms with Gasteiger partial charge in [-0.25, -0.2) is 4.79 Å². The van der Waals surface area contributed by atoms with Crippen LogP contribution in [0.4, 0.5) is 0 Å². The van der Waals surface area contributed by atoms with E-state index in [-0.39, 0.29) is 22.9 Å². The molecular formula is C13H22BrNOS. The molecule has 1 aliphatic heterocycles. The molecule has 0 aromatic heterocycles. The van der Waals surface area contributed by atoms with Crippen LogP contribution in [0.5, 0.6) is 0 Å². The molecule has 0 aliphatic carbocycles. The summed E-state index contributed by atoms with van der Waals surface area (Å²) < 4.78 is 1.82. The van der Waals surface area contributed by atoms with E-state index in [0.29, 0.717) is 11.7 Å². The summed E-state index contributed by atoms with van der Waals surface area (Å²) in [6, 6.07) is 0. The maximum Gasteiger partial charge on any atom is 0.397 e. The molecule has 0 aromatic carbocycles. The van der Waals surface area contributed by atoms with Crippen molar-refractivity contribution in [1.29, 1.82) is 0 Å². The lowest BCUT2D eigenvalue weighted by Gasteiger charge is -2.07. The maximum atomic E-state index is 11.3. The molecule has 1 aliphatic rings. The quantitative estimate of drug-likeness (QED) is 0.528. The predicted molar refractivity (Wildman–Crippen MR) is 71.1 cm³/mol. The van der Waals surface area contributed by atoms with Crippen LogP contribution < -0.4 is 17.0 Å². The third-order valence-electron chi connectivity index (χ3n) is 2.85. The number of hydrogen-bond acceptors (Lipinski definition) is 2. The summed E-state index contributed by atoms with van der Waals surface area (Å²) in [7, 11) is 1.89. The minimum absolute atomic E-state index is 0. The van der Waals surface area contributed by atoms with E-state index in [4.69, 9.17) is 0 Å². The fourth-order valence-electron chi connectivity index (χ4n) is 1.73. The highest BCUT2D eigenvalue weighted by molar-refractivity contribution is 8.14. The van der Waals surface area contributed by atoms with Gasteiger partial charge in [-0.3, -0.25) is 0 Å². The summed E-state index contributed by atoms with van der Waals surface area (Å²) in [4.78, 5) is 11.3. The molecule has 17 heavy (non-hydrogen) atoms. The van der Waals surface area contributed by atoms with Gasteiger partial charge in [0.25, 0.3) is 0 Å². The van der Waals surface area contributed by atoms with Crippen LogP contribution in [-0.2, 0) is 4.79 Å². The van der Waals surface area contributed by atoms with Crippen LogP contribution in [0.2, 0.25) is 0 Å². The molecule has 1 heterocycles. The molecule has 4 heteroatoms. The second kappa shape index (κ2) is 8.09. The molecular weight excluding hydrogens is 298 g/mol. The first-order chi connectivity index (χ1) is 7.50. The molecule has 0 radical (unpaired) electrons. The van der Waals surface area contributed by atoms with Gasteiger partial charge in [0.2, 0.25) is 5.04 Å². The Morgan fingerprint density at radius 3 is 2.65 bits per heavy atom. The van der Waals surface area contributed by atoms with Gasteiger partial charge < -0.3 is 17.0 Å². The van der Waals surface area contributed by atoms with Gasteiger partial charge in [-0.2, -0.15) is 4.58 Å². The number of rotatable bonds is 5. The van der Waals surface area contributed by atoms with Crippen molar-refractivity contribution in [1.82, 2.24) is 0 Å². The number of carbonyl (C=O) groups is 1. The van der Waals surface area contributed by atoms with Gasteiger partial charge in [-0.05, 0) is 44.4 Å². The zero-order valence-electron chi connectivity index (χ0n) is 11.1. The molecule has 0 bridgehead atoms. The zero-order chi connectivity index (χ0) is 12.1. The van der Waals surface area contributed by atoms with Crippen molar-refractivity contribution in [2.75, 3.05) is 12.8 Å². The Hall–Kier alpha value is -0.0900. The van der Waals surface area contributed by atoms with Gasteiger partial charge in [0.15, 0.2) is 0 Å². The van der Waals surface area contributed by atoms with Crippen molar-refractivity contribution >= 4 is 22.7 Å². The fraction of sp³-hybridized carbons (Fsp3) is 0.692. The molecule has 1 atom stereocenters. The van der Waals surface area contributed by atoms with Crippen LogP contribution in [0.25, 0.3) is 0 Å². The Morgan fingerprint density at radius 2 is 2.18 bits per heavy atom. The van der Waals surface area contributed by atoms with Crippen LogP contribution in [0.1, 0.15) is 40.0 Å². The van der Waals surface area contributed by atoms with Crippen molar-refractivity contribution in [3.8, 4) is 0 Å². The summed E-state index contributed by atoms with van der Waals surface area (Å²) in [6.45, 7) is 6.54. The normalized spacial score (nSPS) is 16.8. The molecule has 1 rings (SSSR count). The average Bonchev–Trinajstić information content (AvgIpc) is 2.49. The molecule has 1 amide bonds. The fourth-order valence-corrected chi connectivity index (χ4v) is 2.91. The van der Waals surface area contributed by atoms with Crippen molar-refractivity contribution in [2.45, 2.75) is 40.0 Å². The smallest absolute Gasteiger partial charge is 0.397 e. The number of amides is 1. The van der Waals surface area contributed by atoms with E-state index in [0.717, 1.165) is 12.8 Å². The van der Waals surface area contributed by atoms with Gasteiger partial charge in [-0.1, -0.05) is 18.6 Å². The third-order valence-corrected chi connectivity index (χ3v) is 4.01. The molecule has 98 valence electrons. The summed E-state index contributed by atoms with van der Waals surface area (Å²) in [5, 5.41) is 1.25. The topological polar surface area (TPSA) is 20.1 Å². The van der Waals surface area contributed by atoms with E-state index in [1.54, 1.807) is 11.8 Å². The van der Waals surface area contributed by atoms with Crippen LogP contribution in [-0.4, -0.2) is 28.3 Å². The summed E-state index contributed by atoms with van der Waals surface area (Å²) in [6.07, 6.45) is 5.69. The van der Waals surface area contributed by atoms with Crippen molar-refractivity contribution in [3.05, 3.63) is 11.6 Å². The second-order valence-electron chi connectivity index (χ2n) is 4.80. The Labute approximate surface area is 119 Å². The first-order valence-electron chi connectivity index (χ1n) is 5.89. The number of allylic oxidation sites excluding steroid dienone is 2. The molecule has 2 nitrogen and oxygen atoms in total. The van der Waals surface area contributed by atoms with E-state index < -0.39 is 0 Å². The zero-order valence-corrected chi connectivity index (χ0v) is 13.5. The van der Waals surface area contributed by atoms with E-state index in [9.17, 15) is 4.79 Å². The standard InChI is InChI=1S/C13H22NOS.BrH/c1-10(2)6-5-7-11(3)8-13-14(4)12(15)9-16-13;/h6,11H,5,7-9H2,1-4H3;1H/q+1;/p-1. The predicted octanol–water partition coefficient (Wildman–Crippen LogP) is 0.0772. The summed E-state index contributed by atoms with van der Waals surface area (Å²) >= 11 is 1.70. The first kappa shape index (κ1) is 16.9. The molecule has 0 aromatic rings. The number of carbonyl (C=O) groups excluding carboxylic acids is 1. The molecule has 0 N–H and O–H groups in total. The highest BCUT2D eigenvalue weighted by Gasteiger charge is 2.29. The van der Waals surface area contributed by atoms with Gasteiger partial charge in [-0.15, -0.1) is 0 Å². The van der Waals surface area contributed by atoms with E-state index in [1.807, 2.05) is 11.6 Å². The lowest BCUT2D eigenvalue weighted by atomic mass is 10.0. The third kappa shape index (κ3) is 5.87. The highest BCUT2D eigenvalue weighted by Crippen LogP contribution is 2.21. The molecule has 0 saturated carbocycles. The van der Waals surface area contributed by atoms with Gasteiger partial charge >= 0.3 is 5.91 Å². The van der Waals surface area contributed by atoms with E-state index in [1.165, 1.54) is 17.0 Å². The van der Waals surface area contributed by atoms with Gasteiger partial charge in [0, 0.05) is 6.42 Å². The lowest BCUT2D eigenvalue weighted by Crippen LogP contribution is -3.00. The molecule has 1 unspecified atom stereocenters. The second-order valence-corrected chi connectivity index (χ2v) is 5.85. The molecule has 0 fully saturated rings. The van der Waals surface area contributed by atoms with Gasteiger partial charge in [0.1, 0.15) is 12.8 Å². The van der Waals surface area contributed by atoms with Crippen LogP contribution in [0.3, 0.4) is 0 Å². The van der Waals surface area contributed by atoms with E-state index >= 15 is 0 Å². The van der Waals surface area contributed by atoms with Gasteiger partial charge in [0.05, 0.1) is 0 Å². The molecule has 0 spiro atoms. The number of hydrogen-bond donors (Lipinski definition) is 0. The number of thioether (sulfide) groups is 1. The maximum absolute atomic E-state index is 11.3. The lowest BCUT2D eigenvalue weighted by molar-refractivity contribution is -0.412. The van der Waals surface area contributed by atoms with Crippen molar-refractivity contribution in [2.24, 2.45) is 5.92 Å². The SMILES string of the molecule is CC(C)=CCCC(C)CC1=[N+](C)C(=O)CS1.[Br-]. The average molecular weight is 320 g/mol. The monoisotopic (exact) mass is 319 g/mol. The largest absolute Gasteiger partial charge is 1.00 e. The highest BCUT2D eigenvalue weighted by atomic mass is 79.9. The first-order valence-corrected chi connectivity index (χ1v) is 6.87. The molecule has 0 saturated heterocycles. The number of halogens is 1.